The van der Waals surface area contributed by atoms with Crippen molar-refractivity contribution in [2.24, 2.45) is 0 Å². The highest BCUT2D eigenvalue weighted by Gasteiger charge is 2.05. The molecule has 0 atom stereocenters. The molecule has 1 amide bonds. The molecular weight excluding hydrogens is 338 g/mol. The molecule has 0 aliphatic rings. The van der Waals surface area contributed by atoms with Crippen molar-refractivity contribution in [3.05, 3.63) is 82.7 Å². The molecule has 0 unspecified atom stereocenters. The summed E-state index contributed by atoms with van der Waals surface area (Å²) in [5.41, 5.74) is 5.47. The molecule has 0 radical (unpaired) electrons. The van der Waals surface area contributed by atoms with Crippen molar-refractivity contribution in [2.75, 3.05) is 6.61 Å². The van der Waals surface area contributed by atoms with Crippen LogP contribution >= 0.6 is 0 Å². The topological polar surface area (TPSA) is 56.1 Å². The predicted molar refractivity (Wildman–Crippen MR) is 106 cm³/mol. The minimum absolute atomic E-state index is 0.00883. The van der Waals surface area contributed by atoms with Gasteiger partial charge in [-0.05, 0) is 55.7 Å². The number of carbonyl (C=O) groups is 1. The van der Waals surface area contributed by atoms with Gasteiger partial charge in [-0.2, -0.15) is 5.10 Å². The van der Waals surface area contributed by atoms with Gasteiger partial charge >= 0.3 is 0 Å². The number of nitrogens with one attached hydrogen (secondary N) is 1. The minimum Gasteiger partial charge on any atom is -0.484 e. The quantitative estimate of drug-likeness (QED) is 0.698. The number of nitrogens with zero attached hydrogens (tertiary/aromatic N) is 2. The average molecular weight is 363 g/mol. The normalized spacial score (nSPS) is 10.6. The van der Waals surface area contributed by atoms with Gasteiger partial charge in [-0.15, -0.1) is 0 Å². The lowest BCUT2D eigenvalue weighted by atomic mass is 10.1. The van der Waals surface area contributed by atoms with E-state index in [1.165, 1.54) is 0 Å². The molecule has 2 aromatic carbocycles. The van der Waals surface area contributed by atoms with Gasteiger partial charge in [-0.3, -0.25) is 9.48 Å². The molecule has 0 saturated carbocycles. The third-order valence-electron chi connectivity index (χ3n) is 4.28. The Kier molecular flexibility index (Phi) is 5.91. The van der Waals surface area contributed by atoms with Crippen LogP contribution in [-0.2, 0) is 17.9 Å². The number of rotatable bonds is 7. The number of hydrogen-bond acceptors (Lipinski definition) is 3. The second-order valence-corrected chi connectivity index (χ2v) is 6.79. The van der Waals surface area contributed by atoms with Gasteiger partial charge in [0.15, 0.2) is 6.61 Å². The SMILES string of the molecule is Cc1cccc(OCC(=O)NCc2cccc(Cn3nc(C)cc3C)c2)c1. The third-order valence-corrected chi connectivity index (χ3v) is 4.28. The van der Waals surface area contributed by atoms with Crippen LogP contribution in [0.5, 0.6) is 5.75 Å². The molecule has 0 saturated heterocycles. The highest BCUT2D eigenvalue weighted by Crippen LogP contribution is 2.12. The average Bonchev–Trinajstić information content (AvgIpc) is 2.95. The van der Waals surface area contributed by atoms with Gasteiger partial charge in [0.25, 0.3) is 5.91 Å². The predicted octanol–water partition coefficient (Wildman–Crippen LogP) is 3.55. The minimum atomic E-state index is -0.138. The summed E-state index contributed by atoms with van der Waals surface area (Å²) in [4.78, 5) is 12.0. The van der Waals surface area contributed by atoms with Crippen LogP contribution in [-0.4, -0.2) is 22.3 Å². The number of benzene rings is 2. The van der Waals surface area contributed by atoms with Crippen LogP contribution < -0.4 is 10.1 Å². The van der Waals surface area contributed by atoms with Crippen LogP contribution in [0.4, 0.5) is 0 Å². The lowest BCUT2D eigenvalue weighted by Crippen LogP contribution is -2.28. The van der Waals surface area contributed by atoms with Crippen molar-refractivity contribution < 1.29 is 9.53 Å². The second-order valence-electron chi connectivity index (χ2n) is 6.79. The molecule has 140 valence electrons. The lowest BCUT2D eigenvalue weighted by Gasteiger charge is -2.10. The molecule has 1 aromatic heterocycles. The smallest absolute Gasteiger partial charge is 0.258 e. The second kappa shape index (κ2) is 8.54. The first-order valence-corrected chi connectivity index (χ1v) is 9.04. The van der Waals surface area contributed by atoms with Crippen molar-refractivity contribution in [3.63, 3.8) is 0 Å². The Balaban J connectivity index is 1.52. The first-order chi connectivity index (χ1) is 13.0. The molecule has 5 nitrogen and oxygen atoms in total. The third kappa shape index (κ3) is 5.45. The maximum absolute atomic E-state index is 12.0. The van der Waals surface area contributed by atoms with Crippen LogP contribution in [0.1, 0.15) is 28.1 Å². The molecular formula is C22H25N3O2. The van der Waals surface area contributed by atoms with E-state index in [2.05, 4.69) is 35.5 Å². The number of carbonyl (C=O) groups excluding carboxylic acids is 1. The number of amides is 1. The van der Waals surface area contributed by atoms with E-state index in [1.54, 1.807) is 0 Å². The Hall–Kier alpha value is -3.08. The summed E-state index contributed by atoms with van der Waals surface area (Å²) in [5.74, 6) is 0.567. The Morgan fingerprint density at radius 1 is 1.04 bits per heavy atom. The maximum Gasteiger partial charge on any atom is 0.258 e. The molecule has 3 aromatic rings. The molecule has 3 rings (SSSR count). The van der Waals surface area contributed by atoms with Crippen molar-refractivity contribution in [3.8, 4) is 5.75 Å². The van der Waals surface area contributed by atoms with Crippen LogP contribution in [0.3, 0.4) is 0 Å². The summed E-state index contributed by atoms with van der Waals surface area (Å²) >= 11 is 0. The monoisotopic (exact) mass is 363 g/mol. The number of hydrogen-bond donors (Lipinski definition) is 1. The van der Waals surface area contributed by atoms with E-state index in [-0.39, 0.29) is 12.5 Å². The van der Waals surface area contributed by atoms with Crippen molar-refractivity contribution >= 4 is 5.91 Å². The first kappa shape index (κ1) is 18.7. The van der Waals surface area contributed by atoms with Crippen molar-refractivity contribution in [1.29, 1.82) is 0 Å². The van der Waals surface area contributed by atoms with Crippen LogP contribution in [0.25, 0.3) is 0 Å². The van der Waals surface area contributed by atoms with Crippen LogP contribution in [0.2, 0.25) is 0 Å². The largest absolute Gasteiger partial charge is 0.484 e. The van der Waals surface area contributed by atoms with Gasteiger partial charge in [0.05, 0.1) is 12.2 Å². The lowest BCUT2D eigenvalue weighted by molar-refractivity contribution is -0.123. The Morgan fingerprint density at radius 2 is 1.81 bits per heavy atom. The Bertz CT molecular complexity index is 931. The zero-order chi connectivity index (χ0) is 19.2. The van der Waals surface area contributed by atoms with E-state index in [4.69, 9.17) is 4.74 Å². The summed E-state index contributed by atoms with van der Waals surface area (Å²) in [6.07, 6.45) is 0. The Labute approximate surface area is 160 Å². The summed E-state index contributed by atoms with van der Waals surface area (Å²) in [6.45, 7) is 7.24. The molecule has 1 heterocycles. The zero-order valence-electron chi connectivity index (χ0n) is 16.0. The maximum atomic E-state index is 12.0. The summed E-state index contributed by atoms with van der Waals surface area (Å²) < 4.78 is 7.52. The van der Waals surface area contributed by atoms with Gasteiger partial charge in [-0.1, -0.05) is 36.4 Å². The Morgan fingerprint density at radius 3 is 2.56 bits per heavy atom. The number of aromatic nitrogens is 2. The van der Waals surface area contributed by atoms with E-state index in [0.717, 1.165) is 34.6 Å². The van der Waals surface area contributed by atoms with E-state index >= 15 is 0 Å². The summed E-state index contributed by atoms with van der Waals surface area (Å²) in [7, 11) is 0. The molecule has 1 N–H and O–H groups in total. The van der Waals surface area contributed by atoms with Crippen molar-refractivity contribution in [1.82, 2.24) is 15.1 Å². The fourth-order valence-electron chi connectivity index (χ4n) is 2.95. The zero-order valence-corrected chi connectivity index (χ0v) is 16.0. The van der Waals surface area contributed by atoms with Gasteiger partial charge in [0, 0.05) is 12.2 Å². The molecule has 0 aliphatic heterocycles. The molecule has 27 heavy (non-hydrogen) atoms. The van der Waals surface area contributed by atoms with Gasteiger partial charge in [0.1, 0.15) is 5.75 Å². The fraction of sp³-hybridized carbons (Fsp3) is 0.273. The first-order valence-electron chi connectivity index (χ1n) is 9.04. The van der Waals surface area contributed by atoms with Gasteiger partial charge in [-0.25, -0.2) is 0 Å². The summed E-state index contributed by atoms with van der Waals surface area (Å²) in [5, 5.41) is 7.40. The molecule has 0 bridgehead atoms. The molecule has 0 spiro atoms. The van der Waals surface area contributed by atoms with E-state index in [1.807, 2.05) is 54.9 Å². The van der Waals surface area contributed by atoms with E-state index < -0.39 is 0 Å². The van der Waals surface area contributed by atoms with E-state index in [9.17, 15) is 4.79 Å². The van der Waals surface area contributed by atoms with Crippen LogP contribution in [0.15, 0.2) is 54.6 Å². The van der Waals surface area contributed by atoms with E-state index in [0.29, 0.717) is 12.3 Å². The summed E-state index contributed by atoms with van der Waals surface area (Å²) in [6, 6.07) is 17.9. The molecule has 0 aliphatic carbocycles. The van der Waals surface area contributed by atoms with Gasteiger partial charge in [0.2, 0.25) is 0 Å². The number of aryl methyl sites for hydroxylation is 3. The standard InChI is InChI=1S/C22H25N3O2/c1-16-6-4-9-21(10-16)27-15-22(26)23-13-19-7-5-8-20(12-19)14-25-18(3)11-17(2)24-25/h4-12H,13-15H2,1-3H3,(H,23,26). The number of ether oxygens (including phenoxy) is 1. The fourth-order valence-corrected chi connectivity index (χ4v) is 2.95. The highest BCUT2D eigenvalue weighted by atomic mass is 16.5. The highest BCUT2D eigenvalue weighted by molar-refractivity contribution is 5.77. The van der Waals surface area contributed by atoms with Crippen molar-refractivity contribution in [2.45, 2.75) is 33.9 Å². The van der Waals surface area contributed by atoms with Crippen LogP contribution in [0, 0.1) is 20.8 Å². The molecule has 0 fully saturated rings. The molecule has 5 heteroatoms. The van der Waals surface area contributed by atoms with Gasteiger partial charge < -0.3 is 10.1 Å².